The number of amides is 1. The van der Waals surface area contributed by atoms with Crippen LogP contribution in [0, 0.1) is 11.3 Å². The quantitative estimate of drug-likeness (QED) is 0.850. The molecule has 3 fully saturated rings. The maximum atomic E-state index is 12.6. The lowest BCUT2D eigenvalue weighted by atomic mass is 9.68. The smallest absolute Gasteiger partial charge is 0.239 e. The van der Waals surface area contributed by atoms with E-state index in [2.05, 4.69) is 0 Å². The van der Waals surface area contributed by atoms with Crippen LogP contribution in [0.5, 0.6) is 0 Å². The molecule has 1 unspecified atom stereocenters. The summed E-state index contributed by atoms with van der Waals surface area (Å²) in [7, 11) is 0. The van der Waals surface area contributed by atoms with Gasteiger partial charge in [0, 0.05) is 26.3 Å². The molecule has 0 aromatic heterocycles. The van der Waals surface area contributed by atoms with E-state index >= 15 is 0 Å². The first kappa shape index (κ1) is 15.3. The van der Waals surface area contributed by atoms with Gasteiger partial charge < -0.3 is 15.4 Å². The lowest BCUT2D eigenvalue weighted by molar-refractivity contribution is -0.137. The number of hydrogen-bond acceptors (Lipinski definition) is 3. The van der Waals surface area contributed by atoms with Crippen LogP contribution in [-0.2, 0) is 9.53 Å². The second-order valence-corrected chi connectivity index (χ2v) is 7.36. The summed E-state index contributed by atoms with van der Waals surface area (Å²) >= 11 is 0. The normalized spacial score (nSPS) is 28.5. The average molecular weight is 294 g/mol. The number of ether oxygens (including phenoxy) is 1. The Hall–Kier alpha value is -0.610. The van der Waals surface area contributed by atoms with Crippen LogP contribution in [0.25, 0.3) is 0 Å². The van der Waals surface area contributed by atoms with E-state index in [4.69, 9.17) is 10.5 Å². The van der Waals surface area contributed by atoms with Crippen molar-refractivity contribution in [2.45, 2.75) is 63.8 Å². The summed E-state index contributed by atoms with van der Waals surface area (Å²) in [5.74, 6) is 0.504. The number of carbonyl (C=O) groups is 1. The number of rotatable bonds is 2. The molecule has 4 heteroatoms. The van der Waals surface area contributed by atoms with Gasteiger partial charge in [-0.2, -0.15) is 0 Å². The molecule has 1 atom stereocenters. The van der Waals surface area contributed by atoms with Crippen LogP contribution < -0.4 is 5.73 Å². The highest BCUT2D eigenvalue weighted by atomic mass is 16.5. The zero-order valence-electron chi connectivity index (χ0n) is 13.2. The van der Waals surface area contributed by atoms with Gasteiger partial charge in [-0.05, 0) is 49.9 Å². The predicted octanol–water partition coefficient (Wildman–Crippen LogP) is 2.31. The van der Waals surface area contributed by atoms with Gasteiger partial charge in [0.2, 0.25) is 5.91 Å². The summed E-state index contributed by atoms with van der Waals surface area (Å²) < 4.78 is 5.37. The number of carbonyl (C=O) groups excluding carboxylic acids is 1. The molecule has 2 saturated heterocycles. The third kappa shape index (κ3) is 3.42. The maximum absolute atomic E-state index is 12.6. The molecule has 1 amide bonds. The zero-order chi connectivity index (χ0) is 14.7. The molecule has 2 heterocycles. The Labute approximate surface area is 128 Å². The van der Waals surface area contributed by atoms with Gasteiger partial charge in [0.25, 0.3) is 0 Å². The van der Waals surface area contributed by atoms with Gasteiger partial charge in [-0.25, -0.2) is 0 Å². The van der Waals surface area contributed by atoms with Gasteiger partial charge in [-0.3, -0.25) is 4.79 Å². The monoisotopic (exact) mass is 294 g/mol. The standard InChI is InChI=1S/C17H30N2O2/c18-15(14-4-12-21-13-5-14)16(20)19-10-8-17(9-11-19)6-2-1-3-7-17/h14-15H,1-13,18H2. The highest BCUT2D eigenvalue weighted by Gasteiger charge is 2.38. The molecular weight excluding hydrogens is 264 g/mol. The average Bonchev–Trinajstić information content (AvgIpc) is 2.56. The van der Waals surface area contributed by atoms with E-state index in [9.17, 15) is 4.79 Å². The minimum atomic E-state index is -0.311. The first-order valence-electron chi connectivity index (χ1n) is 8.82. The van der Waals surface area contributed by atoms with E-state index in [0.29, 0.717) is 11.3 Å². The second-order valence-electron chi connectivity index (χ2n) is 7.36. The van der Waals surface area contributed by atoms with Crippen LogP contribution >= 0.6 is 0 Å². The lowest BCUT2D eigenvalue weighted by Crippen LogP contribution is -2.52. The summed E-state index contributed by atoms with van der Waals surface area (Å²) in [5.41, 5.74) is 6.80. The summed E-state index contributed by atoms with van der Waals surface area (Å²) in [5, 5.41) is 0. The van der Waals surface area contributed by atoms with Crippen molar-refractivity contribution in [2.75, 3.05) is 26.3 Å². The Morgan fingerprint density at radius 3 is 2.29 bits per heavy atom. The molecule has 1 spiro atoms. The molecule has 3 aliphatic rings. The number of nitrogens with two attached hydrogens (primary N) is 1. The van der Waals surface area contributed by atoms with E-state index in [1.165, 1.54) is 44.9 Å². The van der Waals surface area contributed by atoms with E-state index in [0.717, 1.165) is 39.1 Å². The predicted molar refractivity (Wildman–Crippen MR) is 82.9 cm³/mol. The molecular formula is C17H30N2O2. The Kier molecular flexibility index (Phi) is 4.85. The first-order valence-corrected chi connectivity index (χ1v) is 8.82. The molecule has 21 heavy (non-hydrogen) atoms. The van der Waals surface area contributed by atoms with E-state index in [-0.39, 0.29) is 11.9 Å². The molecule has 2 aliphatic heterocycles. The fourth-order valence-corrected chi connectivity index (χ4v) is 4.49. The van der Waals surface area contributed by atoms with Gasteiger partial charge in [0.05, 0.1) is 6.04 Å². The Bertz CT molecular complexity index is 350. The Morgan fingerprint density at radius 2 is 1.67 bits per heavy atom. The molecule has 0 aromatic rings. The molecule has 0 aromatic carbocycles. The number of hydrogen-bond donors (Lipinski definition) is 1. The second kappa shape index (κ2) is 6.66. The van der Waals surface area contributed by atoms with Crippen LogP contribution in [0.3, 0.4) is 0 Å². The Balaban J connectivity index is 1.52. The molecule has 120 valence electrons. The van der Waals surface area contributed by atoms with Crippen LogP contribution in [0.4, 0.5) is 0 Å². The molecule has 3 rings (SSSR count). The molecule has 4 nitrogen and oxygen atoms in total. The number of likely N-dealkylation sites (tertiary alicyclic amines) is 1. The highest BCUT2D eigenvalue weighted by molar-refractivity contribution is 5.82. The van der Waals surface area contributed by atoms with Crippen molar-refractivity contribution in [2.24, 2.45) is 17.1 Å². The SMILES string of the molecule is NC(C(=O)N1CCC2(CCCCC2)CC1)C1CCOCC1. The zero-order valence-corrected chi connectivity index (χ0v) is 13.2. The largest absolute Gasteiger partial charge is 0.381 e. The van der Waals surface area contributed by atoms with Crippen LogP contribution in [0.15, 0.2) is 0 Å². The summed E-state index contributed by atoms with van der Waals surface area (Å²) in [6.07, 6.45) is 11.2. The number of nitrogens with zero attached hydrogens (tertiary/aromatic N) is 1. The molecule has 1 aliphatic carbocycles. The third-order valence-corrected chi connectivity index (χ3v) is 6.11. The van der Waals surface area contributed by atoms with Gasteiger partial charge in [0.1, 0.15) is 0 Å². The molecule has 1 saturated carbocycles. The third-order valence-electron chi connectivity index (χ3n) is 6.11. The van der Waals surface area contributed by atoms with E-state index in [1.807, 2.05) is 4.90 Å². The van der Waals surface area contributed by atoms with Crippen molar-refractivity contribution in [3.63, 3.8) is 0 Å². The van der Waals surface area contributed by atoms with Crippen molar-refractivity contribution in [1.29, 1.82) is 0 Å². The van der Waals surface area contributed by atoms with Crippen LogP contribution in [0.1, 0.15) is 57.8 Å². The van der Waals surface area contributed by atoms with Gasteiger partial charge >= 0.3 is 0 Å². The highest BCUT2D eigenvalue weighted by Crippen LogP contribution is 2.44. The topological polar surface area (TPSA) is 55.6 Å². The fourth-order valence-electron chi connectivity index (χ4n) is 4.49. The molecule has 2 N–H and O–H groups in total. The van der Waals surface area contributed by atoms with E-state index < -0.39 is 0 Å². The van der Waals surface area contributed by atoms with Crippen molar-refractivity contribution < 1.29 is 9.53 Å². The minimum Gasteiger partial charge on any atom is -0.381 e. The summed E-state index contributed by atoms with van der Waals surface area (Å²) in [6, 6.07) is -0.311. The first-order chi connectivity index (χ1) is 10.2. The van der Waals surface area contributed by atoms with Crippen molar-refractivity contribution in [3.8, 4) is 0 Å². The summed E-state index contributed by atoms with van der Waals surface area (Å²) in [4.78, 5) is 14.7. The van der Waals surface area contributed by atoms with Crippen LogP contribution in [0.2, 0.25) is 0 Å². The fraction of sp³-hybridized carbons (Fsp3) is 0.941. The minimum absolute atomic E-state index is 0.188. The van der Waals surface area contributed by atoms with Crippen molar-refractivity contribution in [3.05, 3.63) is 0 Å². The van der Waals surface area contributed by atoms with Crippen molar-refractivity contribution in [1.82, 2.24) is 4.90 Å². The maximum Gasteiger partial charge on any atom is 0.239 e. The van der Waals surface area contributed by atoms with Gasteiger partial charge in [-0.1, -0.05) is 19.3 Å². The van der Waals surface area contributed by atoms with E-state index in [1.54, 1.807) is 0 Å². The van der Waals surface area contributed by atoms with Crippen LogP contribution in [-0.4, -0.2) is 43.2 Å². The molecule has 0 radical (unpaired) electrons. The lowest BCUT2D eigenvalue weighted by Gasteiger charge is -2.45. The van der Waals surface area contributed by atoms with Gasteiger partial charge in [-0.15, -0.1) is 0 Å². The van der Waals surface area contributed by atoms with Crippen molar-refractivity contribution >= 4 is 5.91 Å². The number of piperidine rings is 1. The molecule has 0 bridgehead atoms. The summed E-state index contributed by atoms with van der Waals surface area (Å²) in [6.45, 7) is 3.37. The van der Waals surface area contributed by atoms with Gasteiger partial charge in [0.15, 0.2) is 0 Å². The Morgan fingerprint density at radius 1 is 1.05 bits per heavy atom.